The van der Waals surface area contributed by atoms with Gasteiger partial charge < -0.3 is 0 Å². The SMILES string of the molecule is [2H]C1([2H])C2=C(c3cccc4ccccc34)C3(c4ccccc4)C([2H])([2H])C([2H])([2H])C([2H])([2H])C([2H])([2H])C3([2H])C([2H])([2H])C2([2H])C([2H])([2H])C([2H])([2H])C1([2H])[2H]. The van der Waals surface area contributed by atoms with Crippen LogP contribution in [0.25, 0.3) is 16.3 Å². The minimum absolute atomic E-state index is 0.0796. The summed E-state index contributed by atoms with van der Waals surface area (Å²) in [5.74, 6) is -8.30. The summed E-state index contributed by atoms with van der Waals surface area (Å²) in [6, 6.07) is 16.4. The summed E-state index contributed by atoms with van der Waals surface area (Å²) < 4.78 is 184. The molecule has 0 aliphatic heterocycles. The highest BCUT2D eigenvalue weighted by atomic mass is 14.5. The molecule has 3 atom stereocenters. The number of hydrogen-bond acceptors (Lipinski definition) is 0. The molecule has 3 unspecified atom stereocenters. The largest absolute Gasteiger partial charge is 0.0624 e. The first-order chi connectivity index (χ1) is 22.4. The Balaban J connectivity index is 2.11. The topological polar surface area (TPSA) is 0 Å². The Morgan fingerprint density at radius 3 is 2.53 bits per heavy atom. The van der Waals surface area contributed by atoms with Crippen molar-refractivity contribution >= 4 is 16.3 Å². The fourth-order valence-corrected chi connectivity index (χ4v) is 4.42. The van der Waals surface area contributed by atoms with E-state index in [1.54, 1.807) is 18.2 Å². The first-order valence-electron chi connectivity index (χ1n) is 19.7. The molecule has 6 rings (SSSR count). The Hall–Kier alpha value is -2.34. The van der Waals surface area contributed by atoms with Crippen molar-refractivity contribution in [1.82, 2.24) is 0 Å². The van der Waals surface area contributed by atoms with Crippen molar-refractivity contribution in [1.29, 1.82) is 0 Å². The second kappa shape index (κ2) is 7.41. The van der Waals surface area contributed by atoms with Gasteiger partial charge in [0.15, 0.2) is 0 Å². The van der Waals surface area contributed by atoms with Gasteiger partial charge in [0.25, 0.3) is 0 Å². The highest BCUT2D eigenvalue weighted by Crippen LogP contribution is 2.61. The third-order valence-electron chi connectivity index (χ3n) is 5.70. The standard InChI is InChI=1S/C30H32/c1-2-14-24(15-3-1)30-20-9-8-16-25(30)21-23-12-5-7-18-27(23)29(30)28-19-10-13-22-11-4-6-17-26(22)28/h1-4,6,10-11,13-15,17,19,23,25H,5,7-9,12,16,18,20-21H2/i5D2,7D2,8D2,9D2,12D2,16D2,18D2,20D2,21D2,23D,25D. The Bertz CT molecular complexity index is 1940. The zero-order valence-electron chi connectivity index (χ0n) is 35.9. The molecule has 30 heavy (non-hydrogen) atoms. The van der Waals surface area contributed by atoms with Gasteiger partial charge in [-0.25, -0.2) is 0 Å². The molecule has 3 aromatic carbocycles. The molecule has 0 saturated heterocycles. The van der Waals surface area contributed by atoms with Gasteiger partial charge in [0.1, 0.15) is 0 Å². The molecule has 0 heteroatoms. The van der Waals surface area contributed by atoms with Crippen LogP contribution < -0.4 is 0 Å². The highest BCUT2D eigenvalue weighted by Gasteiger charge is 2.51. The van der Waals surface area contributed by atoms with Crippen LogP contribution in [0.5, 0.6) is 0 Å². The van der Waals surface area contributed by atoms with Gasteiger partial charge in [-0.1, -0.05) is 97.5 Å². The number of allylic oxidation sites excluding steroid dienone is 2. The van der Waals surface area contributed by atoms with Gasteiger partial charge >= 0.3 is 0 Å². The van der Waals surface area contributed by atoms with E-state index in [4.69, 9.17) is 13.7 Å². The van der Waals surface area contributed by atoms with Crippen LogP contribution in [0, 0.1) is 11.8 Å². The zero-order valence-corrected chi connectivity index (χ0v) is 15.9. The quantitative estimate of drug-likeness (QED) is 0.397. The van der Waals surface area contributed by atoms with E-state index in [-0.39, 0.29) is 10.9 Å². The second-order valence-corrected chi connectivity index (χ2v) is 7.27. The predicted molar refractivity (Wildman–Crippen MR) is 128 cm³/mol. The summed E-state index contributed by atoms with van der Waals surface area (Å²) in [5.41, 5.74) is -6.99. The maximum Gasteiger partial charge on any atom is 0.0349 e. The molecule has 2 fully saturated rings. The summed E-state index contributed by atoms with van der Waals surface area (Å²) in [6.45, 7) is 0. The maximum atomic E-state index is 10.2. The van der Waals surface area contributed by atoms with Crippen LogP contribution in [0.15, 0.2) is 78.4 Å². The number of rotatable bonds is 2. The van der Waals surface area contributed by atoms with E-state index in [2.05, 4.69) is 0 Å². The zero-order chi connectivity index (χ0) is 37.9. The third-order valence-corrected chi connectivity index (χ3v) is 5.70. The highest BCUT2D eigenvalue weighted by molar-refractivity contribution is 5.97. The lowest BCUT2D eigenvalue weighted by Gasteiger charge is -2.54. The Morgan fingerprint density at radius 1 is 0.800 bits per heavy atom. The molecule has 0 amide bonds. The van der Waals surface area contributed by atoms with Crippen molar-refractivity contribution in [3.8, 4) is 0 Å². The van der Waals surface area contributed by atoms with E-state index < -0.39 is 91.3 Å². The van der Waals surface area contributed by atoms with Crippen molar-refractivity contribution in [2.24, 2.45) is 11.8 Å². The molecule has 152 valence electrons. The molecule has 3 aliphatic rings. The Kier molecular flexibility index (Phi) is 1.75. The summed E-state index contributed by atoms with van der Waals surface area (Å²) >= 11 is 0. The minimum atomic E-state index is -4.36. The van der Waals surface area contributed by atoms with E-state index in [9.17, 15) is 13.7 Å². The van der Waals surface area contributed by atoms with Crippen molar-refractivity contribution in [2.45, 2.75) is 62.8 Å². The lowest BCUT2D eigenvalue weighted by molar-refractivity contribution is 0.181. The van der Waals surface area contributed by atoms with Gasteiger partial charge in [0, 0.05) is 32.8 Å². The predicted octanol–water partition coefficient (Wildman–Crippen LogP) is 8.32. The van der Waals surface area contributed by atoms with Gasteiger partial charge in [-0.05, 0) is 77.5 Å². The lowest BCUT2D eigenvalue weighted by atomic mass is 9.50. The Labute approximate surface area is 209 Å². The molecule has 0 radical (unpaired) electrons. The molecule has 0 bridgehead atoms. The Morgan fingerprint density at radius 2 is 1.60 bits per heavy atom. The van der Waals surface area contributed by atoms with Gasteiger partial charge in [0.05, 0.1) is 0 Å². The molecule has 0 N–H and O–H groups in total. The molecule has 0 spiro atoms. The van der Waals surface area contributed by atoms with E-state index in [0.717, 1.165) is 12.1 Å². The first kappa shape index (κ1) is 7.09. The van der Waals surface area contributed by atoms with Crippen LogP contribution in [0.3, 0.4) is 0 Å². The number of benzene rings is 3. The van der Waals surface area contributed by atoms with Crippen molar-refractivity contribution < 1.29 is 27.4 Å². The smallest absolute Gasteiger partial charge is 0.0349 e. The molecule has 0 heterocycles. The van der Waals surface area contributed by atoms with Crippen LogP contribution in [-0.4, -0.2) is 0 Å². The van der Waals surface area contributed by atoms with E-state index in [1.807, 2.05) is 0 Å². The molecule has 0 nitrogen and oxygen atoms in total. The molecule has 2 saturated carbocycles. The van der Waals surface area contributed by atoms with Gasteiger partial charge in [0.2, 0.25) is 0 Å². The summed E-state index contributed by atoms with van der Waals surface area (Å²) in [4.78, 5) is 0. The molecular formula is C30H32. The maximum absolute atomic E-state index is 10.2. The van der Waals surface area contributed by atoms with E-state index in [0.29, 0.717) is 5.39 Å². The van der Waals surface area contributed by atoms with Crippen molar-refractivity contribution in [3.05, 3.63) is 89.5 Å². The normalized spacial score (nSPS) is 58.7. The van der Waals surface area contributed by atoms with Crippen LogP contribution in [0.1, 0.15) is 95.9 Å². The van der Waals surface area contributed by atoms with Gasteiger partial charge in [-0.3, -0.25) is 0 Å². The van der Waals surface area contributed by atoms with Crippen LogP contribution in [-0.2, 0) is 5.41 Å². The average molecular weight is 413 g/mol. The number of hydrogen-bond donors (Lipinski definition) is 0. The molecule has 0 aromatic heterocycles. The van der Waals surface area contributed by atoms with Crippen LogP contribution in [0.2, 0.25) is 0 Å². The van der Waals surface area contributed by atoms with E-state index >= 15 is 0 Å². The molecule has 3 aliphatic carbocycles. The van der Waals surface area contributed by atoms with Crippen LogP contribution >= 0.6 is 0 Å². The van der Waals surface area contributed by atoms with Gasteiger partial charge in [-0.2, -0.15) is 0 Å². The van der Waals surface area contributed by atoms with Crippen LogP contribution in [0.4, 0.5) is 0 Å². The molecule has 3 aromatic rings. The summed E-state index contributed by atoms with van der Waals surface area (Å²) in [6.07, 6.45) is -36.8. The average Bonchev–Trinajstić information content (AvgIpc) is 3.02. The fourth-order valence-electron chi connectivity index (χ4n) is 4.42. The second-order valence-electron chi connectivity index (χ2n) is 7.27. The minimum Gasteiger partial charge on any atom is -0.0624 e. The molecular weight excluding hydrogens is 360 g/mol. The lowest BCUT2D eigenvalue weighted by Crippen LogP contribution is -2.45. The van der Waals surface area contributed by atoms with E-state index in [1.165, 1.54) is 42.5 Å². The van der Waals surface area contributed by atoms with Gasteiger partial charge in [-0.15, -0.1) is 0 Å². The first-order valence-corrected chi connectivity index (χ1v) is 9.73. The third kappa shape index (κ3) is 2.73. The summed E-state index contributed by atoms with van der Waals surface area (Å²) in [5, 5.41) is 0.424. The van der Waals surface area contributed by atoms with Crippen molar-refractivity contribution in [2.75, 3.05) is 0 Å². The van der Waals surface area contributed by atoms with Crippen molar-refractivity contribution in [3.63, 3.8) is 0 Å². The fraction of sp³-hybridized carbons (Fsp3) is 0.400. The summed E-state index contributed by atoms with van der Waals surface area (Å²) in [7, 11) is 0. The number of fused-ring (bicyclic) bond motifs is 3. The monoisotopic (exact) mass is 412 g/mol.